The fraction of sp³-hybridized carbons (Fsp3) is 0.250. The summed E-state index contributed by atoms with van der Waals surface area (Å²) < 4.78 is 25.1. The number of nitrogens with one attached hydrogen (secondary N) is 2. The third-order valence-electron chi connectivity index (χ3n) is 6.51. The minimum Gasteiger partial charge on any atom is -0.493 e. The number of carbonyl (C=O) groups is 1. The lowest BCUT2D eigenvalue weighted by Crippen LogP contribution is -2.32. The predicted molar refractivity (Wildman–Crippen MR) is 149 cm³/mol. The smallest absolute Gasteiger partial charge is 0.258 e. The number of rotatable bonds is 8. The molecule has 1 saturated heterocycles. The van der Waals surface area contributed by atoms with Gasteiger partial charge in [0.15, 0.2) is 11.5 Å². The number of methoxy groups -OCH3 is 1. The summed E-state index contributed by atoms with van der Waals surface area (Å²) in [4.78, 5) is 31.5. The summed E-state index contributed by atoms with van der Waals surface area (Å²) in [7, 11) is 1.58. The summed E-state index contributed by atoms with van der Waals surface area (Å²) in [6.07, 6.45) is 11.9. The van der Waals surface area contributed by atoms with Crippen LogP contribution in [0.5, 0.6) is 11.5 Å². The van der Waals surface area contributed by atoms with Gasteiger partial charge in [-0.1, -0.05) is 18.0 Å². The van der Waals surface area contributed by atoms with Crippen LogP contribution in [-0.2, 0) is 0 Å². The number of aromatic nitrogens is 4. The summed E-state index contributed by atoms with van der Waals surface area (Å²) in [5, 5.41) is 6.28. The number of amides is 1. The second-order valence-electron chi connectivity index (χ2n) is 9.12. The maximum Gasteiger partial charge on any atom is 0.258 e. The first kappa shape index (κ1) is 26.9. The molecule has 1 fully saturated rings. The zero-order valence-electron chi connectivity index (χ0n) is 21.5. The molecule has 2 N–H and O–H groups in total. The van der Waals surface area contributed by atoms with Crippen LogP contribution in [0, 0.1) is 24.2 Å². The minimum atomic E-state index is -0.610. The van der Waals surface area contributed by atoms with Crippen LogP contribution in [-0.4, -0.2) is 57.5 Å². The average molecular weight is 562 g/mol. The van der Waals surface area contributed by atoms with Gasteiger partial charge in [0.25, 0.3) is 5.91 Å². The number of hydrogen-bond acceptors (Lipinski definition) is 9. The molecule has 1 aliphatic rings. The number of halogens is 2. The molecule has 5 rings (SSSR count). The Labute approximate surface area is 234 Å². The maximum absolute atomic E-state index is 13.4. The molecule has 3 heterocycles. The third-order valence-corrected chi connectivity index (χ3v) is 6.80. The molecule has 1 aliphatic heterocycles. The van der Waals surface area contributed by atoms with Crippen molar-refractivity contribution in [3.05, 3.63) is 65.5 Å². The van der Waals surface area contributed by atoms with E-state index in [-0.39, 0.29) is 16.5 Å². The van der Waals surface area contributed by atoms with Gasteiger partial charge in [0.05, 0.1) is 42.3 Å². The fourth-order valence-corrected chi connectivity index (χ4v) is 4.46. The highest BCUT2D eigenvalue weighted by atomic mass is 35.5. The highest BCUT2D eigenvalue weighted by molar-refractivity contribution is 6.31. The normalized spacial score (nSPS) is 13.5. The summed E-state index contributed by atoms with van der Waals surface area (Å²) in [6.45, 7) is 2.29. The van der Waals surface area contributed by atoms with Crippen LogP contribution in [0.4, 0.5) is 21.8 Å². The molecule has 0 aliphatic carbocycles. The lowest BCUT2D eigenvalue weighted by Gasteiger charge is -2.29. The maximum atomic E-state index is 13.4. The number of nitrogens with zero attached hydrogens (tertiary/aromatic N) is 5. The van der Waals surface area contributed by atoms with E-state index < -0.39 is 11.7 Å². The van der Waals surface area contributed by atoms with E-state index >= 15 is 0 Å². The van der Waals surface area contributed by atoms with Gasteiger partial charge in [-0.2, -0.15) is 0 Å². The molecule has 2 aromatic carbocycles. The predicted octanol–water partition coefficient (Wildman–Crippen LogP) is 4.90. The van der Waals surface area contributed by atoms with Crippen molar-refractivity contribution in [1.29, 1.82) is 0 Å². The van der Waals surface area contributed by atoms with Crippen molar-refractivity contribution in [3.63, 3.8) is 0 Å². The van der Waals surface area contributed by atoms with Crippen LogP contribution in [0.3, 0.4) is 0 Å². The van der Waals surface area contributed by atoms with Gasteiger partial charge in [-0.3, -0.25) is 10.1 Å². The third kappa shape index (κ3) is 6.13. The van der Waals surface area contributed by atoms with Gasteiger partial charge in [-0.25, -0.2) is 24.3 Å². The molecule has 12 heteroatoms. The second kappa shape index (κ2) is 12.0. The molecule has 0 unspecified atom stereocenters. The van der Waals surface area contributed by atoms with E-state index in [1.807, 2.05) is 17.0 Å². The summed E-state index contributed by atoms with van der Waals surface area (Å²) in [5.74, 6) is 1.02. The Morgan fingerprint density at radius 1 is 1.15 bits per heavy atom. The Balaban J connectivity index is 1.27. The Morgan fingerprint density at radius 3 is 2.62 bits per heavy atom. The number of benzene rings is 2. The number of hydrogen-bond donors (Lipinski definition) is 2. The van der Waals surface area contributed by atoms with Gasteiger partial charge in [0, 0.05) is 36.1 Å². The molecule has 204 valence electrons. The van der Waals surface area contributed by atoms with Gasteiger partial charge in [-0.05, 0) is 43.0 Å². The summed E-state index contributed by atoms with van der Waals surface area (Å²) in [5.41, 5.74) is 1.37. The first-order chi connectivity index (χ1) is 19.4. The summed E-state index contributed by atoms with van der Waals surface area (Å²) >= 11 is 5.76. The second-order valence-corrected chi connectivity index (χ2v) is 9.52. The number of piperidine rings is 1. The van der Waals surface area contributed by atoms with E-state index in [0.717, 1.165) is 32.0 Å². The van der Waals surface area contributed by atoms with E-state index in [4.69, 9.17) is 27.5 Å². The largest absolute Gasteiger partial charge is 0.493 e. The molecule has 2 aromatic heterocycles. The van der Waals surface area contributed by atoms with Gasteiger partial charge < -0.3 is 19.7 Å². The van der Waals surface area contributed by atoms with E-state index in [0.29, 0.717) is 46.4 Å². The van der Waals surface area contributed by atoms with Crippen molar-refractivity contribution < 1.29 is 18.7 Å². The van der Waals surface area contributed by atoms with Crippen molar-refractivity contribution in [1.82, 2.24) is 24.8 Å². The fourth-order valence-electron chi connectivity index (χ4n) is 4.28. The molecule has 0 spiro atoms. The minimum absolute atomic E-state index is 0.0666. The topological polar surface area (TPSA) is 114 Å². The van der Waals surface area contributed by atoms with Crippen LogP contribution in [0.1, 0.15) is 23.2 Å². The quantitative estimate of drug-likeness (QED) is 0.290. The van der Waals surface area contributed by atoms with E-state index in [1.54, 1.807) is 7.11 Å². The highest BCUT2D eigenvalue weighted by Gasteiger charge is 2.20. The van der Waals surface area contributed by atoms with Crippen LogP contribution in [0.15, 0.2) is 49.1 Å². The van der Waals surface area contributed by atoms with Crippen molar-refractivity contribution >= 4 is 45.9 Å². The molecule has 0 radical (unpaired) electrons. The monoisotopic (exact) mass is 561 g/mol. The molecular formula is C28H25ClFN7O3. The SMILES string of the molecule is C#CN1CCC(COc2cc3ncnc(Nc4cnc(NC(=O)c5ccc(F)c(Cl)c5)nc4)c3cc2OC)CC1. The lowest BCUT2D eigenvalue weighted by molar-refractivity contribution is 0.102. The van der Waals surface area contributed by atoms with Gasteiger partial charge >= 0.3 is 0 Å². The first-order valence-corrected chi connectivity index (χ1v) is 12.8. The highest BCUT2D eigenvalue weighted by Crippen LogP contribution is 2.35. The Morgan fingerprint density at radius 2 is 1.93 bits per heavy atom. The zero-order chi connectivity index (χ0) is 28.1. The van der Waals surface area contributed by atoms with E-state index in [1.165, 1.54) is 30.9 Å². The molecule has 1 amide bonds. The van der Waals surface area contributed by atoms with E-state index in [9.17, 15) is 9.18 Å². The lowest BCUT2D eigenvalue weighted by atomic mass is 9.98. The molecule has 40 heavy (non-hydrogen) atoms. The van der Waals surface area contributed by atoms with Crippen molar-refractivity contribution in [2.24, 2.45) is 5.92 Å². The zero-order valence-corrected chi connectivity index (χ0v) is 22.3. The molecule has 0 bridgehead atoms. The molecule has 4 aromatic rings. The molecule has 0 saturated carbocycles. The molecular weight excluding hydrogens is 537 g/mol. The number of likely N-dealkylation sites (tertiary alicyclic amines) is 1. The van der Waals surface area contributed by atoms with Crippen LogP contribution < -0.4 is 20.1 Å². The van der Waals surface area contributed by atoms with Crippen molar-refractivity contribution in [3.8, 4) is 24.0 Å². The Kier molecular flexibility index (Phi) is 8.07. The number of terminal acetylenes is 1. The van der Waals surface area contributed by atoms with Crippen LogP contribution >= 0.6 is 11.6 Å². The number of ether oxygens (including phenoxy) is 2. The van der Waals surface area contributed by atoms with Crippen molar-refractivity contribution in [2.45, 2.75) is 12.8 Å². The van der Waals surface area contributed by atoms with Gasteiger partial charge in [0.2, 0.25) is 5.95 Å². The van der Waals surface area contributed by atoms with Gasteiger partial charge in [-0.15, -0.1) is 0 Å². The standard InChI is InChI=1S/C28H25ClFN7O3/c1-3-37-8-6-17(7-9-37)15-40-25-12-23-20(11-24(25)39-2)26(34-16-33-23)35-19-13-31-28(32-14-19)36-27(38)18-4-5-22(30)21(29)10-18/h1,4-5,10-14,16-17H,6-9,15H2,2H3,(H,33,34,35)(H,31,32,36,38). The van der Waals surface area contributed by atoms with Crippen LogP contribution in [0.2, 0.25) is 5.02 Å². The Bertz CT molecular complexity index is 1570. The van der Waals surface area contributed by atoms with E-state index in [2.05, 4.69) is 36.6 Å². The van der Waals surface area contributed by atoms with Crippen LogP contribution in [0.25, 0.3) is 10.9 Å². The number of fused-ring (bicyclic) bond motifs is 1. The summed E-state index contributed by atoms with van der Waals surface area (Å²) in [6, 6.07) is 10.0. The van der Waals surface area contributed by atoms with Crippen molar-refractivity contribution in [2.75, 3.05) is 37.4 Å². The molecule has 10 nitrogen and oxygen atoms in total. The average Bonchev–Trinajstić information content (AvgIpc) is 2.98. The number of anilines is 3. The Hall–Kier alpha value is -4.69. The van der Waals surface area contributed by atoms with Gasteiger partial charge in [0.1, 0.15) is 18.0 Å². The number of carbonyl (C=O) groups excluding carboxylic acids is 1. The molecule has 0 atom stereocenters. The first-order valence-electron chi connectivity index (χ1n) is 12.5.